The van der Waals surface area contributed by atoms with Crippen molar-refractivity contribution in [2.24, 2.45) is 11.8 Å². The Hall–Kier alpha value is -0.0800. The second kappa shape index (κ2) is 5.72. The van der Waals surface area contributed by atoms with Crippen molar-refractivity contribution >= 4 is 0 Å². The van der Waals surface area contributed by atoms with Crippen LogP contribution >= 0.6 is 0 Å². The summed E-state index contributed by atoms with van der Waals surface area (Å²) in [7, 11) is 1.78. The van der Waals surface area contributed by atoms with Crippen molar-refractivity contribution < 1.29 is 4.74 Å². The summed E-state index contributed by atoms with van der Waals surface area (Å²) >= 11 is 0. The molecule has 1 aliphatic rings. The van der Waals surface area contributed by atoms with Crippen LogP contribution in [0.25, 0.3) is 0 Å². The minimum atomic E-state index is 0.333. The van der Waals surface area contributed by atoms with Crippen molar-refractivity contribution in [1.29, 1.82) is 0 Å². The molecule has 1 aliphatic carbocycles. The number of methoxy groups -OCH3 is 1. The van der Waals surface area contributed by atoms with Crippen LogP contribution in [-0.2, 0) is 4.74 Å². The fraction of sp³-hybridized carbons (Fsp3) is 1.00. The van der Waals surface area contributed by atoms with Crippen LogP contribution in [0.3, 0.4) is 0 Å². The fourth-order valence-corrected chi connectivity index (χ4v) is 2.22. The van der Waals surface area contributed by atoms with E-state index in [2.05, 4.69) is 26.1 Å². The smallest absolute Gasteiger partial charge is 0.0667 e. The second-order valence-corrected chi connectivity index (χ2v) is 4.96. The molecule has 1 rings (SSSR count). The van der Waals surface area contributed by atoms with Gasteiger partial charge < -0.3 is 10.1 Å². The number of ether oxygens (including phenoxy) is 1. The summed E-state index contributed by atoms with van der Waals surface area (Å²) in [5.41, 5.74) is 0. The first-order valence-corrected chi connectivity index (χ1v) is 5.89. The molecule has 0 aromatic heterocycles. The minimum Gasteiger partial charge on any atom is -0.380 e. The maximum Gasteiger partial charge on any atom is 0.0667 e. The Kier molecular flexibility index (Phi) is 4.90. The Labute approximate surface area is 88.4 Å². The third-order valence-corrected chi connectivity index (χ3v) is 3.53. The standard InChI is InChI=1S/C12H25NO/c1-9-5-6-10(2)12(7-9)13-8-11(3)14-4/h9-13H,5-8H2,1-4H3. The molecule has 0 spiro atoms. The zero-order valence-electron chi connectivity index (χ0n) is 10.0. The largest absolute Gasteiger partial charge is 0.380 e. The highest BCUT2D eigenvalue weighted by Crippen LogP contribution is 2.28. The van der Waals surface area contributed by atoms with Crippen molar-refractivity contribution in [2.75, 3.05) is 13.7 Å². The summed E-state index contributed by atoms with van der Waals surface area (Å²) < 4.78 is 5.24. The lowest BCUT2D eigenvalue weighted by molar-refractivity contribution is 0.106. The van der Waals surface area contributed by atoms with Gasteiger partial charge in [-0.1, -0.05) is 20.3 Å². The summed E-state index contributed by atoms with van der Waals surface area (Å²) in [6, 6.07) is 0.705. The summed E-state index contributed by atoms with van der Waals surface area (Å²) in [6.07, 6.45) is 4.44. The van der Waals surface area contributed by atoms with E-state index >= 15 is 0 Å². The molecule has 4 atom stereocenters. The number of nitrogens with one attached hydrogen (secondary N) is 1. The molecule has 2 nitrogen and oxygen atoms in total. The van der Waals surface area contributed by atoms with Crippen LogP contribution < -0.4 is 5.32 Å². The first-order valence-electron chi connectivity index (χ1n) is 5.89. The van der Waals surface area contributed by atoms with E-state index < -0.39 is 0 Å². The Balaban J connectivity index is 2.27. The van der Waals surface area contributed by atoms with Crippen molar-refractivity contribution in [3.8, 4) is 0 Å². The van der Waals surface area contributed by atoms with Gasteiger partial charge in [0.05, 0.1) is 6.10 Å². The topological polar surface area (TPSA) is 21.3 Å². The van der Waals surface area contributed by atoms with Gasteiger partial charge in [0.1, 0.15) is 0 Å². The summed E-state index contributed by atoms with van der Waals surface area (Å²) in [6.45, 7) is 7.82. The number of rotatable bonds is 4. The predicted molar refractivity (Wildman–Crippen MR) is 60.4 cm³/mol. The van der Waals surface area contributed by atoms with E-state index in [0.29, 0.717) is 12.1 Å². The predicted octanol–water partition coefficient (Wildman–Crippen LogP) is 2.44. The van der Waals surface area contributed by atoms with Gasteiger partial charge in [0.25, 0.3) is 0 Å². The van der Waals surface area contributed by atoms with Crippen LogP contribution in [-0.4, -0.2) is 25.8 Å². The molecule has 0 bridgehead atoms. The fourth-order valence-electron chi connectivity index (χ4n) is 2.22. The molecule has 1 N–H and O–H groups in total. The Morgan fingerprint density at radius 1 is 1.36 bits per heavy atom. The van der Waals surface area contributed by atoms with E-state index in [1.807, 2.05) is 0 Å². The van der Waals surface area contributed by atoms with E-state index in [-0.39, 0.29) is 0 Å². The van der Waals surface area contributed by atoms with Gasteiger partial charge in [0.2, 0.25) is 0 Å². The van der Waals surface area contributed by atoms with Gasteiger partial charge in [-0.15, -0.1) is 0 Å². The summed E-state index contributed by atoms with van der Waals surface area (Å²) in [5, 5.41) is 3.63. The van der Waals surface area contributed by atoms with Crippen molar-refractivity contribution in [1.82, 2.24) is 5.32 Å². The first-order chi connectivity index (χ1) is 6.63. The molecule has 2 heteroatoms. The van der Waals surface area contributed by atoms with Crippen molar-refractivity contribution in [2.45, 2.75) is 52.2 Å². The van der Waals surface area contributed by atoms with Gasteiger partial charge in [0, 0.05) is 19.7 Å². The first kappa shape index (κ1) is 12.0. The maximum atomic E-state index is 5.24. The molecular weight excluding hydrogens is 174 g/mol. The van der Waals surface area contributed by atoms with Crippen LogP contribution in [0.5, 0.6) is 0 Å². The lowest BCUT2D eigenvalue weighted by Crippen LogP contribution is -2.42. The number of hydrogen-bond acceptors (Lipinski definition) is 2. The molecule has 1 saturated carbocycles. The molecule has 0 aromatic carbocycles. The van der Waals surface area contributed by atoms with Gasteiger partial charge in [-0.3, -0.25) is 0 Å². The zero-order chi connectivity index (χ0) is 10.6. The molecular formula is C12H25NO. The van der Waals surface area contributed by atoms with E-state index in [0.717, 1.165) is 18.4 Å². The molecule has 0 saturated heterocycles. The highest BCUT2D eigenvalue weighted by atomic mass is 16.5. The van der Waals surface area contributed by atoms with Gasteiger partial charge >= 0.3 is 0 Å². The van der Waals surface area contributed by atoms with Gasteiger partial charge in [-0.05, 0) is 31.6 Å². The highest BCUT2D eigenvalue weighted by Gasteiger charge is 2.24. The zero-order valence-corrected chi connectivity index (χ0v) is 10.0. The minimum absolute atomic E-state index is 0.333. The highest BCUT2D eigenvalue weighted by molar-refractivity contribution is 4.81. The van der Waals surface area contributed by atoms with Crippen LogP contribution in [0.2, 0.25) is 0 Å². The Morgan fingerprint density at radius 3 is 2.71 bits per heavy atom. The lowest BCUT2D eigenvalue weighted by Gasteiger charge is -2.34. The number of hydrogen-bond donors (Lipinski definition) is 1. The quantitative estimate of drug-likeness (QED) is 0.751. The van der Waals surface area contributed by atoms with Gasteiger partial charge in [-0.25, -0.2) is 0 Å². The van der Waals surface area contributed by atoms with Gasteiger partial charge in [0.15, 0.2) is 0 Å². The van der Waals surface area contributed by atoms with Crippen molar-refractivity contribution in [3.05, 3.63) is 0 Å². The van der Waals surface area contributed by atoms with E-state index in [1.54, 1.807) is 7.11 Å². The third kappa shape index (κ3) is 3.58. The molecule has 0 amide bonds. The normalized spacial score (nSPS) is 35.6. The van der Waals surface area contributed by atoms with Crippen LogP contribution in [0.15, 0.2) is 0 Å². The third-order valence-electron chi connectivity index (χ3n) is 3.53. The molecule has 84 valence electrons. The molecule has 0 aliphatic heterocycles. The Morgan fingerprint density at radius 2 is 2.07 bits per heavy atom. The lowest BCUT2D eigenvalue weighted by atomic mass is 9.80. The van der Waals surface area contributed by atoms with Gasteiger partial charge in [-0.2, -0.15) is 0 Å². The molecule has 14 heavy (non-hydrogen) atoms. The second-order valence-electron chi connectivity index (χ2n) is 4.96. The molecule has 4 unspecified atom stereocenters. The molecule has 0 aromatic rings. The molecule has 1 fully saturated rings. The monoisotopic (exact) mass is 199 g/mol. The summed E-state index contributed by atoms with van der Waals surface area (Å²) in [5.74, 6) is 1.72. The van der Waals surface area contributed by atoms with E-state index in [9.17, 15) is 0 Å². The van der Waals surface area contributed by atoms with Crippen LogP contribution in [0, 0.1) is 11.8 Å². The Bertz CT molecular complexity index is 160. The van der Waals surface area contributed by atoms with E-state index in [4.69, 9.17) is 4.74 Å². The summed E-state index contributed by atoms with van der Waals surface area (Å²) in [4.78, 5) is 0. The molecule has 0 heterocycles. The average Bonchev–Trinajstić information content (AvgIpc) is 2.19. The van der Waals surface area contributed by atoms with Crippen molar-refractivity contribution in [3.63, 3.8) is 0 Å². The van der Waals surface area contributed by atoms with Crippen LogP contribution in [0.4, 0.5) is 0 Å². The SMILES string of the molecule is COC(C)CNC1CC(C)CCC1C. The maximum absolute atomic E-state index is 5.24. The molecule has 0 radical (unpaired) electrons. The van der Waals surface area contributed by atoms with E-state index in [1.165, 1.54) is 19.3 Å². The van der Waals surface area contributed by atoms with Crippen LogP contribution in [0.1, 0.15) is 40.0 Å². The average molecular weight is 199 g/mol.